The summed E-state index contributed by atoms with van der Waals surface area (Å²) >= 11 is 0.909. The van der Waals surface area contributed by atoms with Crippen molar-refractivity contribution >= 4 is 39.9 Å². The number of rotatable bonds is 10. The van der Waals surface area contributed by atoms with Gasteiger partial charge in [0.1, 0.15) is 28.0 Å². The number of carbonyl (C=O) groups is 3. The highest BCUT2D eigenvalue weighted by Gasteiger charge is 2.28. The summed E-state index contributed by atoms with van der Waals surface area (Å²) in [5, 5.41) is 13.7. The highest BCUT2D eigenvalue weighted by molar-refractivity contribution is 7.18. The average Bonchev–Trinajstić information content (AvgIpc) is 3.42. The Morgan fingerprint density at radius 2 is 1.75 bits per heavy atom. The first-order chi connectivity index (χ1) is 17.2. The molecule has 0 bridgehead atoms. The standard InChI is InChI=1S/C24H24N2O9S/c1-5-32-23(28)19-14(4)20(24(29)33-6-2)36-22(19)25-21(27)18-10-8-16(35-18)12-34-15-7-9-17(26(30)31)13(3)11-15/h7-11H,5-6,12H2,1-4H3,(H,25,27). The van der Waals surface area contributed by atoms with Crippen LogP contribution >= 0.6 is 11.3 Å². The number of thiophene rings is 1. The van der Waals surface area contributed by atoms with Gasteiger partial charge in [0.25, 0.3) is 11.6 Å². The number of benzene rings is 1. The van der Waals surface area contributed by atoms with Gasteiger partial charge in [0.05, 0.1) is 23.7 Å². The van der Waals surface area contributed by atoms with Crippen LogP contribution in [0.15, 0.2) is 34.7 Å². The van der Waals surface area contributed by atoms with E-state index >= 15 is 0 Å². The first-order valence-electron chi connectivity index (χ1n) is 10.9. The lowest BCUT2D eigenvalue weighted by Crippen LogP contribution is -2.14. The number of hydrogen-bond acceptors (Lipinski definition) is 10. The molecule has 2 heterocycles. The molecule has 0 aliphatic rings. The van der Waals surface area contributed by atoms with E-state index in [1.165, 1.54) is 24.3 Å². The van der Waals surface area contributed by atoms with Crippen LogP contribution in [0.2, 0.25) is 0 Å². The van der Waals surface area contributed by atoms with Crippen LogP contribution in [-0.4, -0.2) is 36.0 Å². The molecule has 12 heteroatoms. The number of hydrogen-bond donors (Lipinski definition) is 1. The second-order valence-electron chi connectivity index (χ2n) is 7.42. The average molecular weight is 517 g/mol. The summed E-state index contributed by atoms with van der Waals surface area (Å²) in [7, 11) is 0. The molecule has 0 aliphatic heterocycles. The zero-order valence-electron chi connectivity index (χ0n) is 20.0. The van der Waals surface area contributed by atoms with Gasteiger partial charge in [0, 0.05) is 11.6 Å². The van der Waals surface area contributed by atoms with Crippen molar-refractivity contribution in [3.05, 3.63) is 73.5 Å². The Balaban J connectivity index is 1.75. The van der Waals surface area contributed by atoms with Gasteiger partial charge in [0.2, 0.25) is 0 Å². The number of nitrogens with zero attached hydrogens (tertiary/aromatic N) is 1. The van der Waals surface area contributed by atoms with Crippen molar-refractivity contribution in [2.24, 2.45) is 0 Å². The number of anilines is 1. The third kappa shape index (κ3) is 5.89. The van der Waals surface area contributed by atoms with Crippen molar-refractivity contribution in [2.75, 3.05) is 18.5 Å². The van der Waals surface area contributed by atoms with Gasteiger partial charge in [-0.3, -0.25) is 14.9 Å². The molecule has 0 aliphatic carbocycles. The number of amides is 1. The normalized spacial score (nSPS) is 10.6. The molecule has 3 rings (SSSR count). The van der Waals surface area contributed by atoms with E-state index in [4.69, 9.17) is 18.6 Å². The Morgan fingerprint density at radius 3 is 2.39 bits per heavy atom. The summed E-state index contributed by atoms with van der Waals surface area (Å²) in [6, 6.07) is 7.33. The predicted octanol–water partition coefficient (Wildman–Crippen LogP) is 5.05. The molecule has 1 N–H and O–H groups in total. The van der Waals surface area contributed by atoms with Crippen LogP contribution in [0.25, 0.3) is 0 Å². The van der Waals surface area contributed by atoms with Gasteiger partial charge >= 0.3 is 11.9 Å². The minimum Gasteiger partial charge on any atom is -0.486 e. The Kier molecular flexibility index (Phi) is 8.43. The van der Waals surface area contributed by atoms with Gasteiger partial charge < -0.3 is 23.9 Å². The number of aryl methyl sites for hydroxylation is 1. The first kappa shape index (κ1) is 26.4. The molecule has 0 radical (unpaired) electrons. The monoisotopic (exact) mass is 516 g/mol. The molecule has 3 aromatic rings. The van der Waals surface area contributed by atoms with Gasteiger partial charge in [-0.25, -0.2) is 9.59 Å². The van der Waals surface area contributed by atoms with Crippen LogP contribution in [0.4, 0.5) is 10.7 Å². The summed E-state index contributed by atoms with van der Waals surface area (Å²) in [5.74, 6) is -1.24. The van der Waals surface area contributed by atoms with Gasteiger partial charge in [-0.1, -0.05) is 0 Å². The molecular weight excluding hydrogens is 492 g/mol. The van der Waals surface area contributed by atoms with Gasteiger partial charge in [0.15, 0.2) is 5.76 Å². The van der Waals surface area contributed by atoms with Crippen molar-refractivity contribution in [1.82, 2.24) is 0 Å². The number of esters is 2. The molecule has 0 unspecified atom stereocenters. The van der Waals surface area contributed by atoms with Gasteiger partial charge in [-0.2, -0.15) is 0 Å². The van der Waals surface area contributed by atoms with Gasteiger partial charge in [-0.05, 0) is 57.5 Å². The number of furan rings is 1. The van der Waals surface area contributed by atoms with E-state index in [9.17, 15) is 24.5 Å². The molecule has 0 fully saturated rings. The van der Waals surface area contributed by atoms with Crippen LogP contribution in [0.1, 0.15) is 61.3 Å². The maximum atomic E-state index is 12.8. The van der Waals surface area contributed by atoms with Crippen molar-refractivity contribution in [2.45, 2.75) is 34.3 Å². The van der Waals surface area contributed by atoms with E-state index < -0.39 is 22.8 Å². The lowest BCUT2D eigenvalue weighted by Gasteiger charge is -2.06. The molecule has 0 saturated heterocycles. The van der Waals surface area contributed by atoms with Crippen molar-refractivity contribution in [3.63, 3.8) is 0 Å². The number of carbonyl (C=O) groups excluding carboxylic acids is 3. The van der Waals surface area contributed by atoms with Crippen molar-refractivity contribution in [1.29, 1.82) is 0 Å². The van der Waals surface area contributed by atoms with Crippen molar-refractivity contribution in [3.8, 4) is 5.75 Å². The molecule has 11 nitrogen and oxygen atoms in total. The van der Waals surface area contributed by atoms with E-state index in [2.05, 4.69) is 5.32 Å². The minimum atomic E-state index is -0.677. The zero-order valence-corrected chi connectivity index (χ0v) is 20.9. The van der Waals surface area contributed by atoms with Gasteiger partial charge in [-0.15, -0.1) is 11.3 Å². The van der Waals surface area contributed by atoms with Crippen LogP contribution in [0.5, 0.6) is 5.75 Å². The van der Waals surface area contributed by atoms with Crippen LogP contribution in [0.3, 0.4) is 0 Å². The summed E-state index contributed by atoms with van der Waals surface area (Å²) in [6.45, 7) is 6.74. The fourth-order valence-electron chi connectivity index (χ4n) is 3.26. The van der Waals surface area contributed by atoms with Crippen LogP contribution < -0.4 is 10.1 Å². The third-order valence-electron chi connectivity index (χ3n) is 4.95. The fourth-order valence-corrected chi connectivity index (χ4v) is 4.34. The number of nitrogens with one attached hydrogen (secondary N) is 1. The number of nitro benzene ring substituents is 1. The van der Waals surface area contributed by atoms with Crippen LogP contribution in [0, 0.1) is 24.0 Å². The maximum absolute atomic E-state index is 12.8. The molecule has 36 heavy (non-hydrogen) atoms. The highest BCUT2D eigenvalue weighted by Crippen LogP contribution is 2.35. The molecule has 0 saturated carbocycles. The molecule has 0 atom stereocenters. The highest BCUT2D eigenvalue weighted by atomic mass is 32.1. The van der Waals surface area contributed by atoms with E-state index in [0.29, 0.717) is 22.6 Å². The fraction of sp³-hybridized carbons (Fsp3) is 0.292. The van der Waals surface area contributed by atoms with E-state index in [0.717, 1.165) is 11.3 Å². The molecule has 0 spiro atoms. The Bertz CT molecular complexity index is 1310. The lowest BCUT2D eigenvalue weighted by atomic mass is 10.1. The summed E-state index contributed by atoms with van der Waals surface area (Å²) < 4.78 is 21.3. The summed E-state index contributed by atoms with van der Waals surface area (Å²) in [6.07, 6.45) is 0. The third-order valence-corrected chi connectivity index (χ3v) is 6.13. The number of ether oxygens (including phenoxy) is 3. The van der Waals surface area contributed by atoms with Crippen molar-refractivity contribution < 1.29 is 37.9 Å². The summed E-state index contributed by atoms with van der Waals surface area (Å²) in [4.78, 5) is 48.3. The summed E-state index contributed by atoms with van der Waals surface area (Å²) in [5.41, 5.74) is 0.847. The topological polar surface area (TPSA) is 147 Å². The Morgan fingerprint density at radius 1 is 1.06 bits per heavy atom. The largest absolute Gasteiger partial charge is 0.486 e. The molecule has 2 aromatic heterocycles. The number of nitro groups is 1. The molecule has 1 aromatic carbocycles. The molecule has 190 valence electrons. The quantitative estimate of drug-likeness (QED) is 0.222. The van der Waals surface area contributed by atoms with E-state index in [-0.39, 0.29) is 46.7 Å². The van der Waals surface area contributed by atoms with Crippen LogP contribution in [-0.2, 0) is 16.1 Å². The minimum absolute atomic E-state index is 0.0172. The Hall–Kier alpha value is -4.19. The van der Waals surface area contributed by atoms with E-state index in [1.54, 1.807) is 33.8 Å². The molecule has 1 amide bonds. The SMILES string of the molecule is CCOC(=O)c1sc(NC(=O)c2ccc(COc3ccc([N+](=O)[O-])c(C)c3)o2)c(C(=O)OCC)c1C. The van der Waals surface area contributed by atoms with E-state index in [1.807, 2.05) is 0 Å². The zero-order chi connectivity index (χ0) is 26.4. The maximum Gasteiger partial charge on any atom is 0.348 e. The second kappa shape index (κ2) is 11.5. The predicted molar refractivity (Wildman–Crippen MR) is 130 cm³/mol. The second-order valence-corrected chi connectivity index (χ2v) is 8.44. The Labute approximate surface area is 210 Å². The first-order valence-corrected chi connectivity index (χ1v) is 11.7. The smallest absolute Gasteiger partial charge is 0.348 e. The molecular formula is C24H24N2O9S. The lowest BCUT2D eigenvalue weighted by molar-refractivity contribution is -0.385.